The minimum atomic E-state index is -0.0116. The Morgan fingerprint density at radius 1 is 0.393 bits per heavy atom. The highest BCUT2D eigenvalue weighted by Crippen LogP contribution is 2.49. The van der Waals surface area contributed by atoms with E-state index in [2.05, 4.69) is 172 Å². The summed E-state index contributed by atoms with van der Waals surface area (Å²) in [5, 5.41) is 2.49. The molecular formula is C54H40N2. The van der Waals surface area contributed by atoms with Crippen LogP contribution in [0.5, 0.6) is 0 Å². The number of allylic oxidation sites excluding steroid dienone is 2. The van der Waals surface area contributed by atoms with E-state index in [1.807, 2.05) is 36.4 Å². The largest absolute Gasteiger partial charge is 0.228 e. The van der Waals surface area contributed by atoms with E-state index < -0.39 is 0 Å². The van der Waals surface area contributed by atoms with E-state index in [1.165, 1.54) is 60.5 Å². The molecule has 10 rings (SSSR count). The monoisotopic (exact) mass is 716 g/mol. The van der Waals surface area contributed by atoms with Crippen molar-refractivity contribution in [3.63, 3.8) is 0 Å². The normalized spacial score (nSPS) is 13.6. The Hall–Kier alpha value is -6.90. The zero-order chi connectivity index (χ0) is 37.6. The van der Waals surface area contributed by atoms with Gasteiger partial charge in [0.25, 0.3) is 0 Å². The van der Waals surface area contributed by atoms with Gasteiger partial charge in [-0.2, -0.15) is 0 Å². The maximum Gasteiger partial charge on any atom is 0.160 e. The van der Waals surface area contributed by atoms with Gasteiger partial charge in [0, 0.05) is 22.1 Å². The fraction of sp³-hybridized carbons (Fsp3) is 0.0741. The highest BCUT2D eigenvalue weighted by molar-refractivity contribution is 5.90. The van der Waals surface area contributed by atoms with Crippen LogP contribution in [-0.4, -0.2) is 9.97 Å². The first kappa shape index (κ1) is 33.7. The maximum absolute atomic E-state index is 5.03. The van der Waals surface area contributed by atoms with Crippen molar-refractivity contribution < 1.29 is 0 Å². The third-order valence-electron chi connectivity index (χ3n) is 11.6. The number of aromatic nitrogens is 2. The minimum Gasteiger partial charge on any atom is -0.228 e. The lowest BCUT2D eigenvalue weighted by atomic mass is 9.81. The quantitative estimate of drug-likeness (QED) is 0.171. The number of nitrogens with zero attached hydrogens (tertiary/aromatic N) is 2. The molecule has 1 aromatic heterocycles. The molecule has 0 amide bonds. The van der Waals surface area contributed by atoms with Crippen molar-refractivity contribution in [2.45, 2.75) is 25.7 Å². The summed E-state index contributed by atoms with van der Waals surface area (Å²) in [6.45, 7) is 4.69. The molecule has 0 radical (unpaired) electrons. The van der Waals surface area contributed by atoms with Gasteiger partial charge in [-0.15, -0.1) is 0 Å². The number of benzene rings is 7. The molecule has 0 aliphatic heterocycles. The third kappa shape index (κ3) is 6.10. The molecule has 1 heterocycles. The van der Waals surface area contributed by atoms with Crippen LogP contribution in [0.2, 0.25) is 0 Å². The lowest BCUT2D eigenvalue weighted by Crippen LogP contribution is -2.23. The summed E-state index contributed by atoms with van der Waals surface area (Å²) in [4.78, 5) is 10.1. The van der Waals surface area contributed by atoms with Gasteiger partial charge >= 0.3 is 0 Å². The summed E-state index contributed by atoms with van der Waals surface area (Å²) in [5.74, 6) is 0.716. The number of rotatable bonds is 6. The minimum absolute atomic E-state index is 0.0116. The van der Waals surface area contributed by atoms with Crippen LogP contribution in [-0.2, 0) is 5.41 Å². The van der Waals surface area contributed by atoms with Gasteiger partial charge in [-0.1, -0.05) is 184 Å². The van der Waals surface area contributed by atoms with Crippen molar-refractivity contribution in [1.82, 2.24) is 9.97 Å². The molecule has 56 heavy (non-hydrogen) atoms. The van der Waals surface area contributed by atoms with Gasteiger partial charge in [-0.25, -0.2) is 9.97 Å². The summed E-state index contributed by atoms with van der Waals surface area (Å²) in [6.07, 6.45) is 7.90. The van der Waals surface area contributed by atoms with Gasteiger partial charge in [0.05, 0.1) is 11.4 Å². The average molecular weight is 717 g/mol. The SMILES string of the molecule is CC1(C)c2ccccc2-c2ccc(-c3ccc(C4=CCC=c5ccc(-c6ccc(-c7nc(-c8ccccc8)cc(-c8ccccc8)n7)cc6)cc5=C4)cc3)cc21. The highest BCUT2D eigenvalue weighted by atomic mass is 14.9. The first-order valence-corrected chi connectivity index (χ1v) is 19.5. The van der Waals surface area contributed by atoms with Crippen LogP contribution in [0.1, 0.15) is 37.0 Å². The highest BCUT2D eigenvalue weighted by Gasteiger charge is 2.35. The molecule has 0 saturated carbocycles. The summed E-state index contributed by atoms with van der Waals surface area (Å²) >= 11 is 0. The molecule has 0 atom stereocenters. The number of hydrogen-bond donors (Lipinski definition) is 0. The molecule has 2 aliphatic carbocycles. The fourth-order valence-electron chi connectivity index (χ4n) is 8.45. The first-order chi connectivity index (χ1) is 27.5. The van der Waals surface area contributed by atoms with Crippen molar-refractivity contribution >= 4 is 17.7 Å². The molecule has 0 N–H and O–H groups in total. The predicted octanol–water partition coefficient (Wildman–Crippen LogP) is 12.2. The summed E-state index contributed by atoms with van der Waals surface area (Å²) in [6, 6.07) is 63.1. The Morgan fingerprint density at radius 2 is 0.929 bits per heavy atom. The molecule has 0 unspecified atom stereocenters. The van der Waals surface area contributed by atoms with Crippen LogP contribution in [0.3, 0.4) is 0 Å². The van der Waals surface area contributed by atoms with E-state index in [0.29, 0.717) is 5.82 Å². The second-order valence-electron chi connectivity index (χ2n) is 15.4. The van der Waals surface area contributed by atoms with E-state index in [-0.39, 0.29) is 5.41 Å². The number of hydrogen-bond acceptors (Lipinski definition) is 2. The van der Waals surface area contributed by atoms with Gasteiger partial charge in [0.15, 0.2) is 5.82 Å². The molecule has 0 fully saturated rings. The van der Waals surface area contributed by atoms with Gasteiger partial charge in [-0.05, 0) is 96.8 Å². The van der Waals surface area contributed by atoms with Crippen LogP contribution in [0.15, 0.2) is 182 Å². The Morgan fingerprint density at radius 3 is 1.61 bits per heavy atom. The van der Waals surface area contributed by atoms with Gasteiger partial charge < -0.3 is 0 Å². The van der Waals surface area contributed by atoms with Crippen LogP contribution < -0.4 is 10.4 Å². The second kappa shape index (κ2) is 13.7. The van der Waals surface area contributed by atoms with Crippen LogP contribution >= 0.6 is 0 Å². The Labute approximate surface area is 328 Å². The fourth-order valence-corrected chi connectivity index (χ4v) is 8.45. The maximum atomic E-state index is 5.03. The molecule has 8 aromatic rings. The van der Waals surface area contributed by atoms with Crippen molar-refractivity contribution in [3.8, 4) is 67.3 Å². The topological polar surface area (TPSA) is 25.8 Å². The molecular weight excluding hydrogens is 677 g/mol. The zero-order valence-electron chi connectivity index (χ0n) is 31.6. The van der Waals surface area contributed by atoms with Crippen LogP contribution in [0.25, 0.3) is 85.0 Å². The molecule has 2 aliphatic rings. The smallest absolute Gasteiger partial charge is 0.160 e. The summed E-state index contributed by atoms with van der Waals surface area (Å²) < 4.78 is 0. The molecule has 2 heteroatoms. The second-order valence-corrected chi connectivity index (χ2v) is 15.4. The van der Waals surface area contributed by atoms with E-state index >= 15 is 0 Å². The zero-order valence-corrected chi connectivity index (χ0v) is 31.6. The molecule has 266 valence electrons. The summed E-state index contributed by atoms with van der Waals surface area (Å²) in [5.41, 5.74) is 17.8. The lowest BCUT2D eigenvalue weighted by molar-refractivity contribution is 0.660. The van der Waals surface area contributed by atoms with Gasteiger partial charge in [0.1, 0.15) is 0 Å². The Kier molecular flexibility index (Phi) is 8.26. The Bertz CT molecular complexity index is 2860. The lowest BCUT2D eigenvalue weighted by Gasteiger charge is -2.22. The third-order valence-corrected chi connectivity index (χ3v) is 11.6. The van der Waals surface area contributed by atoms with Crippen molar-refractivity contribution in [3.05, 3.63) is 209 Å². The van der Waals surface area contributed by atoms with E-state index in [0.717, 1.165) is 40.1 Å². The molecule has 0 bridgehead atoms. The van der Waals surface area contributed by atoms with Crippen molar-refractivity contribution in [2.75, 3.05) is 0 Å². The van der Waals surface area contributed by atoms with Crippen molar-refractivity contribution in [1.29, 1.82) is 0 Å². The molecule has 0 spiro atoms. The molecule has 2 nitrogen and oxygen atoms in total. The number of fused-ring (bicyclic) bond motifs is 4. The first-order valence-electron chi connectivity index (χ1n) is 19.5. The van der Waals surface area contributed by atoms with E-state index in [1.54, 1.807) is 0 Å². The van der Waals surface area contributed by atoms with Crippen LogP contribution in [0, 0.1) is 0 Å². The predicted molar refractivity (Wildman–Crippen MR) is 234 cm³/mol. The molecule has 7 aromatic carbocycles. The average Bonchev–Trinajstić information content (AvgIpc) is 3.36. The van der Waals surface area contributed by atoms with Gasteiger partial charge in [0.2, 0.25) is 0 Å². The van der Waals surface area contributed by atoms with Crippen molar-refractivity contribution in [2.24, 2.45) is 0 Å². The molecule has 0 saturated heterocycles. The Balaban J connectivity index is 0.933. The van der Waals surface area contributed by atoms with Crippen LogP contribution in [0.4, 0.5) is 0 Å². The van der Waals surface area contributed by atoms with Gasteiger partial charge in [-0.3, -0.25) is 0 Å². The van der Waals surface area contributed by atoms with E-state index in [4.69, 9.17) is 9.97 Å². The summed E-state index contributed by atoms with van der Waals surface area (Å²) in [7, 11) is 0. The van der Waals surface area contributed by atoms with E-state index in [9.17, 15) is 0 Å². The standard InChI is InChI=1S/C54H40N2/c1-54(2)49-19-10-9-18-47(49)48-31-30-45(34-50(48)54)39-22-20-37(21-23-39)43-17-11-16-36-26-29-44(33-46(36)32-43)38-24-27-42(28-25-38)53-55-51(40-12-5-3-6-13-40)35-52(56-53)41-14-7-4-8-15-41/h3-10,12-35H,11H2,1-2H3.